The maximum absolute atomic E-state index is 12.6. The summed E-state index contributed by atoms with van der Waals surface area (Å²) in [5, 5.41) is 0. The van der Waals surface area contributed by atoms with Gasteiger partial charge in [-0.3, -0.25) is 4.79 Å². The molecular weight excluding hydrogens is 418 g/mol. The topological polar surface area (TPSA) is 95.7 Å². The molecule has 0 fully saturated rings. The molecule has 1 heterocycles. The van der Waals surface area contributed by atoms with E-state index < -0.39 is 15.6 Å². The van der Waals surface area contributed by atoms with Crippen LogP contribution in [0, 0.1) is 6.92 Å². The van der Waals surface area contributed by atoms with Gasteiger partial charge >= 0.3 is 0 Å². The molecule has 3 rings (SSSR count). The number of hydrogen-bond acceptors (Lipinski definition) is 7. The van der Waals surface area contributed by atoms with Crippen LogP contribution in [-0.4, -0.2) is 39.2 Å². The number of rotatable bonds is 10. The van der Waals surface area contributed by atoms with Crippen LogP contribution >= 0.6 is 0 Å². The standard InChI is InChI=1S/C23H25NO6S/c1-16-22(24-23(30-16)18-5-4-6-21(13-18)29-3)15-31(26,27)14-19(25)10-7-17-8-11-20(28-2)12-9-17/h4-6,8-9,11-13H,7,10,14-15H2,1-3H3. The second-order valence-electron chi connectivity index (χ2n) is 7.17. The van der Waals surface area contributed by atoms with E-state index in [9.17, 15) is 13.2 Å². The second-order valence-corrected chi connectivity index (χ2v) is 9.24. The number of ether oxygens (including phenoxy) is 2. The van der Waals surface area contributed by atoms with E-state index in [0.717, 1.165) is 11.3 Å². The first-order valence-electron chi connectivity index (χ1n) is 9.75. The Labute approximate surface area is 181 Å². The highest BCUT2D eigenvalue weighted by Crippen LogP contribution is 2.26. The van der Waals surface area contributed by atoms with Gasteiger partial charge < -0.3 is 13.9 Å². The van der Waals surface area contributed by atoms with Crippen LogP contribution in [0.15, 0.2) is 52.9 Å². The van der Waals surface area contributed by atoms with Gasteiger partial charge in [0.05, 0.1) is 25.7 Å². The summed E-state index contributed by atoms with van der Waals surface area (Å²) < 4.78 is 41.1. The van der Waals surface area contributed by atoms with Gasteiger partial charge in [-0.2, -0.15) is 0 Å². The Morgan fingerprint density at radius 3 is 2.42 bits per heavy atom. The summed E-state index contributed by atoms with van der Waals surface area (Å²) in [5.74, 6) is 0.897. The van der Waals surface area contributed by atoms with E-state index in [1.807, 2.05) is 24.3 Å². The fourth-order valence-corrected chi connectivity index (χ4v) is 4.52. The summed E-state index contributed by atoms with van der Waals surface area (Å²) in [7, 11) is -0.528. The number of hydrogen-bond donors (Lipinski definition) is 0. The molecule has 0 saturated heterocycles. The van der Waals surface area contributed by atoms with Crippen LogP contribution < -0.4 is 9.47 Å². The number of oxazole rings is 1. The quantitative estimate of drug-likeness (QED) is 0.470. The lowest BCUT2D eigenvalue weighted by Crippen LogP contribution is -2.18. The van der Waals surface area contributed by atoms with E-state index in [4.69, 9.17) is 13.9 Å². The lowest BCUT2D eigenvalue weighted by Gasteiger charge is -2.04. The molecule has 0 radical (unpaired) electrons. The number of benzene rings is 2. The molecule has 0 aliphatic heterocycles. The van der Waals surface area contributed by atoms with Crippen molar-refractivity contribution in [2.75, 3.05) is 20.0 Å². The first-order chi connectivity index (χ1) is 14.8. The highest BCUT2D eigenvalue weighted by Gasteiger charge is 2.22. The van der Waals surface area contributed by atoms with E-state index in [1.165, 1.54) is 0 Å². The van der Waals surface area contributed by atoms with Crippen molar-refractivity contribution < 1.29 is 27.1 Å². The predicted molar refractivity (Wildman–Crippen MR) is 117 cm³/mol. The van der Waals surface area contributed by atoms with Crippen molar-refractivity contribution in [3.05, 3.63) is 65.5 Å². The number of sulfone groups is 1. The molecule has 0 aliphatic rings. The maximum atomic E-state index is 12.6. The summed E-state index contributed by atoms with van der Waals surface area (Å²) >= 11 is 0. The van der Waals surface area contributed by atoms with Crippen LogP contribution in [-0.2, 0) is 26.8 Å². The molecule has 1 aromatic heterocycles. The highest BCUT2D eigenvalue weighted by atomic mass is 32.2. The minimum absolute atomic E-state index is 0.151. The van der Waals surface area contributed by atoms with Crippen LogP contribution in [0.1, 0.15) is 23.4 Å². The third-order valence-corrected chi connectivity index (χ3v) is 6.27. The van der Waals surface area contributed by atoms with Crippen LogP contribution in [0.3, 0.4) is 0 Å². The average molecular weight is 444 g/mol. The van der Waals surface area contributed by atoms with Gasteiger partial charge in [0.25, 0.3) is 0 Å². The Morgan fingerprint density at radius 2 is 1.74 bits per heavy atom. The molecule has 31 heavy (non-hydrogen) atoms. The number of Topliss-reactive ketones (excluding diaryl/α,β-unsaturated/α-hetero) is 1. The Hall–Kier alpha value is -3.13. The molecule has 0 aliphatic carbocycles. The SMILES string of the molecule is COc1ccc(CCC(=O)CS(=O)(=O)Cc2nc(-c3cccc(OC)c3)oc2C)cc1. The van der Waals surface area contributed by atoms with Crippen molar-refractivity contribution in [1.29, 1.82) is 0 Å². The zero-order valence-corrected chi connectivity index (χ0v) is 18.6. The van der Waals surface area contributed by atoms with Crippen LogP contribution in [0.25, 0.3) is 11.5 Å². The lowest BCUT2D eigenvalue weighted by molar-refractivity contribution is -0.116. The largest absolute Gasteiger partial charge is 0.497 e. The van der Waals surface area contributed by atoms with Gasteiger partial charge in [-0.15, -0.1) is 0 Å². The van der Waals surface area contributed by atoms with Crippen molar-refractivity contribution in [3.8, 4) is 23.0 Å². The molecule has 0 bridgehead atoms. The molecule has 3 aromatic rings. The van der Waals surface area contributed by atoms with E-state index in [0.29, 0.717) is 35.1 Å². The number of methoxy groups -OCH3 is 2. The molecule has 0 unspecified atom stereocenters. The van der Waals surface area contributed by atoms with Gasteiger partial charge in [0.15, 0.2) is 9.84 Å². The monoisotopic (exact) mass is 443 g/mol. The average Bonchev–Trinajstić information content (AvgIpc) is 3.11. The highest BCUT2D eigenvalue weighted by molar-refractivity contribution is 7.91. The molecule has 0 spiro atoms. The number of ketones is 1. The molecule has 164 valence electrons. The Bertz CT molecular complexity index is 1150. The van der Waals surface area contributed by atoms with Crippen LogP contribution in [0.4, 0.5) is 0 Å². The van der Waals surface area contributed by atoms with E-state index in [1.54, 1.807) is 45.4 Å². The predicted octanol–water partition coefficient (Wildman–Crippen LogP) is 3.78. The van der Waals surface area contributed by atoms with Crippen molar-refractivity contribution >= 4 is 15.6 Å². The molecule has 0 amide bonds. The van der Waals surface area contributed by atoms with Gasteiger partial charge in [0.1, 0.15) is 28.8 Å². The first kappa shape index (κ1) is 22.6. The van der Waals surface area contributed by atoms with Crippen LogP contribution in [0.5, 0.6) is 11.5 Å². The van der Waals surface area contributed by atoms with E-state index in [2.05, 4.69) is 4.98 Å². The maximum Gasteiger partial charge on any atom is 0.226 e. The van der Waals surface area contributed by atoms with Crippen molar-refractivity contribution in [3.63, 3.8) is 0 Å². The molecule has 2 aromatic carbocycles. The fourth-order valence-electron chi connectivity index (χ4n) is 3.09. The zero-order valence-electron chi connectivity index (χ0n) is 17.8. The molecule has 8 heteroatoms. The zero-order chi connectivity index (χ0) is 22.4. The number of aryl methyl sites for hydroxylation is 2. The Morgan fingerprint density at radius 1 is 1.03 bits per heavy atom. The van der Waals surface area contributed by atoms with E-state index >= 15 is 0 Å². The van der Waals surface area contributed by atoms with Gasteiger partial charge in [-0.05, 0) is 49.2 Å². The molecule has 0 atom stereocenters. The molecule has 0 N–H and O–H groups in total. The van der Waals surface area contributed by atoms with Crippen LogP contribution in [0.2, 0.25) is 0 Å². The van der Waals surface area contributed by atoms with Gasteiger partial charge in [0.2, 0.25) is 5.89 Å². The van der Waals surface area contributed by atoms with Crippen molar-refractivity contribution in [2.24, 2.45) is 0 Å². The number of carbonyl (C=O) groups excluding carboxylic acids is 1. The van der Waals surface area contributed by atoms with Crippen molar-refractivity contribution in [1.82, 2.24) is 4.98 Å². The third-order valence-electron chi connectivity index (χ3n) is 4.80. The summed E-state index contributed by atoms with van der Waals surface area (Å²) in [6, 6.07) is 14.5. The minimum Gasteiger partial charge on any atom is -0.497 e. The summed E-state index contributed by atoms with van der Waals surface area (Å²) in [6.45, 7) is 1.66. The Balaban J connectivity index is 1.62. The number of nitrogens with zero attached hydrogens (tertiary/aromatic N) is 1. The molecule has 0 saturated carbocycles. The Kier molecular flexibility index (Phi) is 7.12. The third kappa shape index (κ3) is 6.18. The summed E-state index contributed by atoms with van der Waals surface area (Å²) in [5.41, 5.74) is 1.93. The van der Waals surface area contributed by atoms with Crippen molar-refractivity contribution in [2.45, 2.75) is 25.5 Å². The molecule has 7 nitrogen and oxygen atoms in total. The van der Waals surface area contributed by atoms with Gasteiger partial charge in [0, 0.05) is 12.0 Å². The number of aromatic nitrogens is 1. The lowest BCUT2D eigenvalue weighted by atomic mass is 10.1. The summed E-state index contributed by atoms with van der Waals surface area (Å²) in [6.07, 6.45) is 0.625. The normalized spacial score (nSPS) is 11.3. The smallest absolute Gasteiger partial charge is 0.226 e. The van der Waals surface area contributed by atoms with Gasteiger partial charge in [-0.1, -0.05) is 18.2 Å². The van der Waals surface area contributed by atoms with Gasteiger partial charge in [-0.25, -0.2) is 13.4 Å². The summed E-state index contributed by atoms with van der Waals surface area (Å²) in [4.78, 5) is 16.6. The molecular formula is C23H25NO6S. The van der Waals surface area contributed by atoms with E-state index in [-0.39, 0.29) is 18.0 Å². The minimum atomic E-state index is -3.67. The first-order valence-corrected chi connectivity index (χ1v) is 11.6. The second kappa shape index (κ2) is 9.78. The fraction of sp³-hybridized carbons (Fsp3) is 0.304. The number of carbonyl (C=O) groups is 1.